The van der Waals surface area contributed by atoms with E-state index in [1.165, 1.54) is 46.0 Å². The fraction of sp³-hybridized carbons (Fsp3) is 0.250. The highest BCUT2D eigenvalue weighted by Crippen LogP contribution is 2.22. The molecular weight excluding hydrogens is 388 g/mol. The maximum atomic E-state index is 12.7. The molecule has 3 rings (SSSR count). The van der Waals surface area contributed by atoms with Gasteiger partial charge in [-0.25, -0.2) is 13.1 Å². The Kier molecular flexibility index (Phi) is 5.42. The fourth-order valence-corrected chi connectivity index (χ4v) is 3.46. The zero-order valence-corrected chi connectivity index (χ0v) is 16.0. The van der Waals surface area contributed by atoms with Crippen molar-refractivity contribution in [2.75, 3.05) is 18.4 Å². The molecular formula is C16H18N6O5S. The van der Waals surface area contributed by atoms with E-state index >= 15 is 0 Å². The standard InChI is InChI=1S/C16H18N6O5S/c1-12-9-16(21(18-12)13-3-5-14(6-4-13)22(23)24)19-28(25,26)15-10-17-20(11-15)7-8-27-2/h3-6,9-11,19H,7-8H2,1-2H3. The van der Waals surface area contributed by atoms with Gasteiger partial charge in [0.15, 0.2) is 0 Å². The van der Waals surface area contributed by atoms with E-state index in [2.05, 4.69) is 14.9 Å². The Labute approximate surface area is 160 Å². The second kappa shape index (κ2) is 7.78. The van der Waals surface area contributed by atoms with E-state index < -0.39 is 14.9 Å². The molecule has 0 aliphatic heterocycles. The van der Waals surface area contributed by atoms with Crippen LogP contribution in [0, 0.1) is 17.0 Å². The number of rotatable bonds is 8. The van der Waals surface area contributed by atoms with Crippen molar-refractivity contribution in [1.29, 1.82) is 0 Å². The zero-order valence-electron chi connectivity index (χ0n) is 15.1. The third-order valence-electron chi connectivity index (χ3n) is 3.82. The van der Waals surface area contributed by atoms with Crippen LogP contribution < -0.4 is 4.72 Å². The number of hydrogen-bond acceptors (Lipinski definition) is 7. The Morgan fingerprint density at radius 2 is 2.00 bits per heavy atom. The van der Waals surface area contributed by atoms with Gasteiger partial charge in [-0.3, -0.25) is 19.5 Å². The fourth-order valence-electron chi connectivity index (χ4n) is 2.47. The smallest absolute Gasteiger partial charge is 0.269 e. The highest BCUT2D eigenvalue weighted by atomic mass is 32.2. The van der Waals surface area contributed by atoms with Crippen LogP contribution in [0.15, 0.2) is 47.6 Å². The number of nitrogens with one attached hydrogen (secondary N) is 1. The Balaban J connectivity index is 1.88. The number of non-ortho nitro benzene ring substituents is 1. The third-order valence-corrected chi connectivity index (χ3v) is 5.13. The molecule has 0 saturated heterocycles. The predicted molar refractivity (Wildman–Crippen MR) is 99.9 cm³/mol. The first-order valence-corrected chi connectivity index (χ1v) is 9.64. The van der Waals surface area contributed by atoms with Crippen LogP contribution in [0.5, 0.6) is 0 Å². The lowest BCUT2D eigenvalue weighted by molar-refractivity contribution is -0.384. The van der Waals surface area contributed by atoms with E-state index in [9.17, 15) is 18.5 Å². The summed E-state index contributed by atoms with van der Waals surface area (Å²) in [4.78, 5) is 10.3. The summed E-state index contributed by atoms with van der Waals surface area (Å²) in [5, 5.41) is 19.1. The maximum Gasteiger partial charge on any atom is 0.269 e. The third kappa shape index (κ3) is 4.18. The second-order valence-corrected chi connectivity index (χ2v) is 7.58. The summed E-state index contributed by atoms with van der Waals surface area (Å²) in [5.74, 6) is 0.205. The van der Waals surface area contributed by atoms with Crippen molar-refractivity contribution in [1.82, 2.24) is 19.6 Å². The van der Waals surface area contributed by atoms with Crippen molar-refractivity contribution in [3.8, 4) is 5.69 Å². The van der Waals surface area contributed by atoms with Gasteiger partial charge in [-0.05, 0) is 19.1 Å². The molecule has 0 aliphatic rings. The van der Waals surface area contributed by atoms with Crippen molar-refractivity contribution in [3.63, 3.8) is 0 Å². The number of hydrogen-bond donors (Lipinski definition) is 1. The first-order chi connectivity index (χ1) is 13.3. The van der Waals surface area contributed by atoms with Gasteiger partial charge in [-0.15, -0.1) is 0 Å². The lowest BCUT2D eigenvalue weighted by Gasteiger charge is -2.09. The van der Waals surface area contributed by atoms with E-state index in [0.29, 0.717) is 24.5 Å². The number of nitrogens with zero attached hydrogens (tertiary/aromatic N) is 5. The SMILES string of the molecule is COCCn1cc(S(=O)(=O)Nc2cc(C)nn2-c2ccc([N+](=O)[O-])cc2)cn1. The molecule has 12 heteroatoms. The Morgan fingerprint density at radius 3 is 2.64 bits per heavy atom. The minimum atomic E-state index is -3.90. The van der Waals surface area contributed by atoms with E-state index in [1.54, 1.807) is 20.1 Å². The van der Waals surface area contributed by atoms with Gasteiger partial charge in [0.25, 0.3) is 15.7 Å². The molecule has 0 atom stereocenters. The van der Waals surface area contributed by atoms with Crippen LogP contribution in [0.2, 0.25) is 0 Å². The van der Waals surface area contributed by atoms with Gasteiger partial charge in [-0.1, -0.05) is 0 Å². The van der Waals surface area contributed by atoms with Crippen LogP contribution in [0.4, 0.5) is 11.5 Å². The number of anilines is 1. The summed E-state index contributed by atoms with van der Waals surface area (Å²) in [6, 6.07) is 7.19. The number of aryl methyl sites for hydroxylation is 1. The van der Waals surface area contributed by atoms with Crippen LogP contribution in [0.1, 0.15) is 5.69 Å². The zero-order chi connectivity index (χ0) is 20.3. The lowest BCUT2D eigenvalue weighted by Crippen LogP contribution is -2.15. The van der Waals surface area contributed by atoms with Crippen molar-refractivity contribution in [2.24, 2.45) is 0 Å². The average Bonchev–Trinajstić information content (AvgIpc) is 3.27. The summed E-state index contributed by atoms with van der Waals surface area (Å²) in [6.07, 6.45) is 2.65. The monoisotopic (exact) mass is 406 g/mol. The van der Waals surface area contributed by atoms with Crippen LogP contribution in [0.25, 0.3) is 5.69 Å². The summed E-state index contributed by atoms with van der Waals surface area (Å²) in [5.41, 5.74) is 0.984. The molecule has 0 saturated carbocycles. The topological polar surface area (TPSA) is 134 Å². The summed E-state index contributed by atoms with van der Waals surface area (Å²) >= 11 is 0. The molecule has 0 unspecified atom stereocenters. The van der Waals surface area contributed by atoms with Gasteiger partial charge in [0, 0.05) is 31.5 Å². The number of nitro groups is 1. The molecule has 3 aromatic rings. The number of ether oxygens (including phenoxy) is 1. The molecule has 28 heavy (non-hydrogen) atoms. The Hall–Kier alpha value is -3.25. The highest BCUT2D eigenvalue weighted by Gasteiger charge is 2.20. The van der Waals surface area contributed by atoms with Crippen molar-refractivity contribution < 1.29 is 18.1 Å². The first-order valence-electron chi connectivity index (χ1n) is 8.16. The van der Waals surface area contributed by atoms with Crippen LogP contribution in [0.3, 0.4) is 0 Å². The Bertz CT molecular complexity index is 1090. The van der Waals surface area contributed by atoms with Gasteiger partial charge in [0.1, 0.15) is 10.7 Å². The molecule has 0 fully saturated rings. The molecule has 1 N–H and O–H groups in total. The van der Waals surface area contributed by atoms with E-state index in [0.717, 1.165) is 0 Å². The van der Waals surface area contributed by atoms with Gasteiger partial charge < -0.3 is 4.74 Å². The molecule has 148 valence electrons. The number of benzene rings is 1. The van der Waals surface area contributed by atoms with Crippen molar-refractivity contribution >= 4 is 21.5 Å². The molecule has 11 nitrogen and oxygen atoms in total. The number of methoxy groups -OCH3 is 1. The summed E-state index contributed by atoms with van der Waals surface area (Å²) in [6.45, 7) is 2.54. The van der Waals surface area contributed by atoms with E-state index in [4.69, 9.17) is 4.74 Å². The van der Waals surface area contributed by atoms with Crippen molar-refractivity contribution in [2.45, 2.75) is 18.4 Å². The largest absolute Gasteiger partial charge is 0.383 e. The van der Waals surface area contributed by atoms with Crippen LogP contribution in [-0.4, -0.2) is 46.6 Å². The number of sulfonamides is 1. The van der Waals surface area contributed by atoms with Gasteiger partial charge in [0.05, 0.1) is 35.7 Å². The van der Waals surface area contributed by atoms with Gasteiger partial charge in [-0.2, -0.15) is 10.2 Å². The number of nitro benzene ring substituents is 1. The first kappa shape index (κ1) is 19.5. The van der Waals surface area contributed by atoms with Crippen LogP contribution >= 0.6 is 0 Å². The van der Waals surface area contributed by atoms with Crippen molar-refractivity contribution in [3.05, 3.63) is 58.5 Å². The molecule has 0 amide bonds. The quantitative estimate of drug-likeness (QED) is 0.445. The van der Waals surface area contributed by atoms with Gasteiger partial charge >= 0.3 is 0 Å². The maximum absolute atomic E-state index is 12.7. The molecule has 2 heterocycles. The lowest BCUT2D eigenvalue weighted by atomic mass is 10.3. The number of aromatic nitrogens is 4. The van der Waals surface area contributed by atoms with E-state index in [1.807, 2.05) is 0 Å². The summed E-state index contributed by atoms with van der Waals surface area (Å²) < 4.78 is 35.7. The minimum absolute atomic E-state index is 0.00212. The highest BCUT2D eigenvalue weighted by molar-refractivity contribution is 7.92. The molecule has 1 aromatic carbocycles. The normalized spacial score (nSPS) is 11.5. The van der Waals surface area contributed by atoms with E-state index in [-0.39, 0.29) is 16.4 Å². The molecule has 2 aromatic heterocycles. The average molecular weight is 406 g/mol. The molecule has 0 radical (unpaired) electrons. The second-order valence-electron chi connectivity index (χ2n) is 5.89. The molecule has 0 aliphatic carbocycles. The van der Waals surface area contributed by atoms with Crippen LogP contribution in [-0.2, 0) is 21.3 Å². The molecule has 0 bridgehead atoms. The van der Waals surface area contributed by atoms with Gasteiger partial charge in [0.2, 0.25) is 0 Å². The Morgan fingerprint density at radius 1 is 1.29 bits per heavy atom. The minimum Gasteiger partial charge on any atom is -0.383 e. The predicted octanol–water partition coefficient (Wildman–Crippen LogP) is 1.73. The summed E-state index contributed by atoms with van der Waals surface area (Å²) in [7, 11) is -2.35. The molecule has 0 spiro atoms.